The van der Waals surface area contributed by atoms with E-state index >= 15 is 0 Å². The summed E-state index contributed by atoms with van der Waals surface area (Å²) in [6, 6.07) is 17.1. The monoisotopic (exact) mass is 305 g/mol. The number of hydrogen-bond donors (Lipinski definition) is 1. The van der Waals surface area contributed by atoms with Crippen LogP contribution in [-0.2, 0) is 4.79 Å². The number of hydrogen-bond acceptors (Lipinski definition) is 3. The lowest BCUT2D eigenvalue weighted by Gasteiger charge is -2.12. The molecule has 0 spiro atoms. The van der Waals surface area contributed by atoms with Crippen molar-refractivity contribution in [3.05, 3.63) is 65.2 Å². The van der Waals surface area contributed by atoms with E-state index in [2.05, 4.69) is 5.32 Å². The topological polar surface area (TPSA) is 56.1 Å². The average Bonchev–Trinajstić information content (AvgIpc) is 2.53. The molecule has 116 valence electrons. The highest BCUT2D eigenvalue weighted by atomic mass is 16.1. The van der Waals surface area contributed by atoms with E-state index in [1.807, 2.05) is 74.5 Å². The summed E-state index contributed by atoms with van der Waals surface area (Å²) in [6.07, 6.45) is 1.59. The zero-order valence-corrected chi connectivity index (χ0v) is 13.5. The molecule has 0 aliphatic rings. The first kappa shape index (κ1) is 16.3. The Bertz CT molecular complexity index is 768. The minimum absolute atomic E-state index is 0.0732. The van der Waals surface area contributed by atoms with Crippen molar-refractivity contribution in [2.24, 2.45) is 0 Å². The fourth-order valence-corrected chi connectivity index (χ4v) is 2.11. The molecule has 2 aromatic carbocycles. The van der Waals surface area contributed by atoms with Crippen molar-refractivity contribution in [3.63, 3.8) is 0 Å². The van der Waals surface area contributed by atoms with Crippen molar-refractivity contribution in [1.29, 1.82) is 5.26 Å². The zero-order valence-electron chi connectivity index (χ0n) is 13.5. The second-order valence-electron chi connectivity index (χ2n) is 5.48. The van der Waals surface area contributed by atoms with Gasteiger partial charge in [0.15, 0.2) is 0 Å². The third-order valence-electron chi connectivity index (χ3n) is 3.36. The van der Waals surface area contributed by atoms with Crippen molar-refractivity contribution in [2.75, 3.05) is 24.3 Å². The molecule has 0 atom stereocenters. The summed E-state index contributed by atoms with van der Waals surface area (Å²) in [5, 5.41) is 12.0. The molecule has 0 bridgehead atoms. The SMILES string of the molecule is Cc1cccc(NC(=O)/C(C#N)=C/c2ccc(N(C)C)cc2)c1. The number of benzene rings is 2. The predicted molar refractivity (Wildman–Crippen MR) is 94.2 cm³/mol. The lowest BCUT2D eigenvalue weighted by Crippen LogP contribution is -2.13. The van der Waals surface area contributed by atoms with E-state index in [1.54, 1.807) is 12.1 Å². The summed E-state index contributed by atoms with van der Waals surface area (Å²) < 4.78 is 0. The maximum atomic E-state index is 12.2. The van der Waals surface area contributed by atoms with Crippen molar-refractivity contribution in [1.82, 2.24) is 0 Å². The van der Waals surface area contributed by atoms with Crippen LogP contribution < -0.4 is 10.2 Å². The smallest absolute Gasteiger partial charge is 0.266 e. The molecule has 1 amide bonds. The molecule has 0 heterocycles. The third kappa shape index (κ3) is 4.45. The lowest BCUT2D eigenvalue weighted by atomic mass is 10.1. The molecular formula is C19H19N3O. The number of nitriles is 1. The molecule has 2 rings (SSSR count). The molecule has 0 saturated heterocycles. The number of carbonyl (C=O) groups excluding carboxylic acids is 1. The Labute approximate surface area is 136 Å². The molecule has 4 nitrogen and oxygen atoms in total. The summed E-state index contributed by atoms with van der Waals surface area (Å²) in [4.78, 5) is 14.2. The van der Waals surface area contributed by atoms with Crippen LogP contribution in [0.25, 0.3) is 6.08 Å². The number of anilines is 2. The fraction of sp³-hybridized carbons (Fsp3) is 0.158. The molecular weight excluding hydrogens is 286 g/mol. The Balaban J connectivity index is 2.18. The van der Waals surface area contributed by atoms with Gasteiger partial charge in [0.05, 0.1) is 0 Å². The Morgan fingerprint density at radius 3 is 2.43 bits per heavy atom. The minimum atomic E-state index is -0.408. The summed E-state index contributed by atoms with van der Waals surface area (Å²) in [7, 11) is 3.92. The van der Waals surface area contributed by atoms with Crippen molar-refractivity contribution >= 4 is 23.4 Å². The molecule has 0 fully saturated rings. The van der Waals surface area contributed by atoms with E-state index in [4.69, 9.17) is 0 Å². The van der Waals surface area contributed by atoms with Crippen LogP contribution in [0.1, 0.15) is 11.1 Å². The molecule has 0 saturated carbocycles. The van der Waals surface area contributed by atoms with Gasteiger partial charge in [-0.15, -0.1) is 0 Å². The Hall–Kier alpha value is -3.06. The van der Waals surface area contributed by atoms with Gasteiger partial charge < -0.3 is 10.2 Å². The van der Waals surface area contributed by atoms with Crippen LogP contribution in [-0.4, -0.2) is 20.0 Å². The second-order valence-corrected chi connectivity index (χ2v) is 5.48. The van der Waals surface area contributed by atoms with Crippen molar-refractivity contribution in [2.45, 2.75) is 6.92 Å². The maximum absolute atomic E-state index is 12.2. The standard InChI is InChI=1S/C19H19N3O/c1-14-5-4-6-17(11-14)21-19(23)16(13-20)12-15-7-9-18(10-8-15)22(2)3/h4-12H,1-3H3,(H,21,23)/b16-12+. The van der Waals surface area contributed by atoms with Gasteiger partial charge in [0.2, 0.25) is 0 Å². The van der Waals surface area contributed by atoms with Gasteiger partial charge in [-0.3, -0.25) is 4.79 Å². The highest BCUT2D eigenvalue weighted by molar-refractivity contribution is 6.09. The predicted octanol–water partition coefficient (Wildman–Crippen LogP) is 3.61. The lowest BCUT2D eigenvalue weighted by molar-refractivity contribution is -0.112. The second kappa shape index (κ2) is 7.28. The number of rotatable bonds is 4. The quantitative estimate of drug-likeness (QED) is 0.693. The summed E-state index contributed by atoms with van der Waals surface area (Å²) in [5.41, 5.74) is 3.67. The highest BCUT2D eigenvalue weighted by Crippen LogP contribution is 2.16. The van der Waals surface area contributed by atoms with Crippen molar-refractivity contribution < 1.29 is 4.79 Å². The van der Waals surface area contributed by atoms with Gasteiger partial charge in [-0.05, 0) is 48.4 Å². The van der Waals surface area contributed by atoms with Gasteiger partial charge in [-0.25, -0.2) is 0 Å². The van der Waals surface area contributed by atoms with Gasteiger partial charge >= 0.3 is 0 Å². The van der Waals surface area contributed by atoms with E-state index < -0.39 is 5.91 Å². The molecule has 0 aliphatic heterocycles. The number of nitrogens with one attached hydrogen (secondary N) is 1. The van der Waals surface area contributed by atoms with Crippen LogP contribution in [0.3, 0.4) is 0 Å². The van der Waals surface area contributed by atoms with Crippen LogP contribution in [0.4, 0.5) is 11.4 Å². The van der Waals surface area contributed by atoms with Crippen LogP contribution >= 0.6 is 0 Å². The van der Waals surface area contributed by atoms with Gasteiger partial charge in [0.25, 0.3) is 5.91 Å². The van der Waals surface area contributed by atoms with Crippen LogP contribution in [0.5, 0.6) is 0 Å². The first-order valence-electron chi connectivity index (χ1n) is 7.27. The van der Waals surface area contributed by atoms with Crippen LogP contribution in [0.15, 0.2) is 54.1 Å². The molecule has 0 unspecified atom stereocenters. The number of carbonyl (C=O) groups is 1. The first-order chi connectivity index (χ1) is 11.0. The number of nitrogens with zero attached hydrogens (tertiary/aromatic N) is 2. The molecule has 0 aromatic heterocycles. The van der Waals surface area contributed by atoms with Crippen LogP contribution in [0.2, 0.25) is 0 Å². The largest absolute Gasteiger partial charge is 0.378 e. The molecule has 1 N–H and O–H groups in total. The molecule has 0 aliphatic carbocycles. The molecule has 2 aromatic rings. The maximum Gasteiger partial charge on any atom is 0.266 e. The van der Waals surface area contributed by atoms with E-state index in [0.717, 1.165) is 16.8 Å². The number of amides is 1. The van der Waals surface area contributed by atoms with Gasteiger partial charge in [-0.1, -0.05) is 24.3 Å². The fourth-order valence-electron chi connectivity index (χ4n) is 2.11. The van der Waals surface area contributed by atoms with Gasteiger partial charge in [-0.2, -0.15) is 5.26 Å². The molecule has 0 radical (unpaired) electrons. The summed E-state index contributed by atoms with van der Waals surface area (Å²) in [5.74, 6) is -0.408. The third-order valence-corrected chi connectivity index (χ3v) is 3.36. The summed E-state index contributed by atoms with van der Waals surface area (Å²) >= 11 is 0. The van der Waals surface area contributed by atoms with Gasteiger partial charge in [0.1, 0.15) is 11.6 Å². The Kier molecular flexibility index (Phi) is 5.16. The zero-order chi connectivity index (χ0) is 16.8. The van der Waals surface area contributed by atoms with E-state index in [9.17, 15) is 10.1 Å². The van der Waals surface area contributed by atoms with E-state index in [0.29, 0.717) is 5.69 Å². The number of aryl methyl sites for hydroxylation is 1. The summed E-state index contributed by atoms with van der Waals surface area (Å²) in [6.45, 7) is 1.95. The minimum Gasteiger partial charge on any atom is -0.378 e. The van der Waals surface area contributed by atoms with Crippen LogP contribution in [0, 0.1) is 18.3 Å². The van der Waals surface area contributed by atoms with Gasteiger partial charge in [0, 0.05) is 25.5 Å². The Morgan fingerprint density at radius 2 is 1.87 bits per heavy atom. The van der Waals surface area contributed by atoms with E-state index in [1.165, 1.54) is 0 Å². The normalized spacial score (nSPS) is 10.8. The molecule has 23 heavy (non-hydrogen) atoms. The molecule has 4 heteroatoms. The van der Waals surface area contributed by atoms with Crippen molar-refractivity contribution in [3.8, 4) is 6.07 Å². The highest BCUT2D eigenvalue weighted by Gasteiger charge is 2.09. The first-order valence-corrected chi connectivity index (χ1v) is 7.27. The van der Waals surface area contributed by atoms with E-state index in [-0.39, 0.29) is 5.57 Å². The Morgan fingerprint density at radius 1 is 1.17 bits per heavy atom. The average molecular weight is 305 g/mol.